The zero-order valence-electron chi connectivity index (χ0n) is 22.0. The van der Waals surface area contributed by atoms with Crippen molar-refractivity contribution in [1.29, 1.82) is 0 Å². The van der Waals surface area contributed by atoms with Crippen molar-refractivity contribution in [2.75, 3.05) is 32.8 Å². The van der Waals surface area contributed by atoms with Gasteiger partial charge in [0.15, 0.2) is 0 Å². The molecule has 10 nitrogen and oxygen atoms in total. The van der Waals surface area contributed by atoms with E-state index in [1.807, 2.05) is 12.1 Å². The maximum atomic E-state index is 12.8. The summed E-state index contributed by atoms with van der Waals surface area (Å²) in [4.78, 5) is 39.5. The van der Waals surface area contributed by atoms with Gasteiger partial charge in [-0.2, -0.15) is 0 Å². The SMILES string of the molecule is C[C@@H](NC(=O)CNC1CC1)[C@H](NC(=O)c1ccc(C#Cc2ccc(CN3CCOCC3)cc2)cc1)C(=O)NO. The normalized spacial score (nSPS) is 16.8. The number of hydrogen-bond donors (Lipinski definition) is 5. The first-order chi connectivity index (χ1) is 18.9. The van der Waals surface area contributed by atoms with Crippen LogP contribution in [-0.4, -0.2) is 78.8 Å². The number of ether oxygens (including phenoxy) is 1. The lowest BCUT2D eigenvalue weighted by molar-refractivity contribution is -0.132. The molecule has 0 aromatic heterocycles. The molecule has 0 radical (unpaired) electrons. The molecule has 0 spiro atoms. The van der Waals surface area contributed by atoms with Crippen LogP contribution < -0.4 is 21.4 Å². The first kappa shape index (κ1) is 28.3. The Bertz CT molecular complexity index is 1200. The number of amides is 3. The summed E-state index contributed by atoms with van der Waals surface area (Å²) >= 11 is 0. The van der Waals surface area contributed by atoms with Gasteiger partial charge in [-0.15, -0.1) is 0 Å². The highest BCUT2D eigenvalue weighted by Gasteiger charge is 2.29. The third kappa shape index (κ3) is 8.90. The van der Waals surface area contributed by atoms with Crippen LogP contribution in [0.2, 0.25) is 0 Å². The summed E-state index contributed by atoms with van der Waals surface area (Å²) in [5.74, 6) is 4.60. The molecule has 1 saturated heterocycles. The number of benzene rings is 2. The Balaban J connectivity index is 1.31. The summed E-state index contributed by atoms with van der Waals surface area (Å²) in [6.07, 6.45) is 2.09. The lowest BCUT2D eigenvalue weighted by Gasteiger charge is -2.26. The molecular weight excluding hydrogens is 498 g/mol. The van der Waals surface area contributed by atoms with Crippen molar-refractivity contribution >= 4 is 17.7 Å². The van der Waals surface area contributed by atoms with E-state index in [1.165, 1.54) is 5.56 Å². The minimum Gasteiger partial charge on any atom is -0.379 e. The van der Waals surface area contributed by atoms with E-state index in [4.69, 9.17) is 9.94 Å². The van der Waals surface area contributed by atoms with E-state index >= 15 is 0 Å². The van der Waals surface area contributed by atoms with Crippen molar-refractivity contribution in [1.82, 2.24) is 26.3 Å². The molecular formula is C29H35N5O5. The van der Waals surface area contributed by atoms with Crippen LogP contribution in [0.4, 0.5) is 0 Å². The van der Waals surface area contributed by atoms with Gasteiger partial charge in [-0.25, -0.2) is 5.48 Å². The summed E-state index contributed by atoms with van der Waals surface area (Å²) < 4.78 is 5.40. The summed E-state index contributed by atoms with van der Waals surface area (Å²) in [6.45, 7) is 6.04. The minimum absolute atomic E-state index is 0.123. The fourth-order valence-corrected chi connectivity index (χ4v) is 4.18. The van der Waals surface area contributed by atoms with Gasteiger partial charge in [0.1, 0.15) is 6.04 Å². The van der Waals surface area contributed by atoms with Crippen molar-refractivity contribution in [3.8, 4) is 11.8 Å². The Hall–Kier alpha value is -3.75. The van der Waals surface area contributed by atoms with Gasteiger partial charge in [-0.1, -0.05) is 24.0 Å². The molecule has 2 aromatic carbocycles. The van der Waals surface area contributed by atoms with Gasteiger partial charge < -0.3 is 20.7 Å². The van der Waals surface area contributed by atoms with Gasteiger partial charge in [-0.05, 0) is 61.7 Å². The van der Waals surface area contributed by atoms with Crippen LogP contribution >= 0.6 is 0 Å². The lowest BCUT2D eigenvalue weighted by atomic mass is 10.1. The highest BCUT2D eigenvalue weighted by molar-refractivity contribution is 5.98. The average Bonchev–Trinajstić information content (AvgIpc) is 3.79. The van der Waals surface area contributed by atoms with E-state index in [1.54, 1.807) is 36.7 Å². The van der Waals surface area contributed by atoms with E-state index in [2.05, 4.69) is 44.8 Å². The number of rotatable bonds is 10. The first-order valence-corrected chi connectivity index (χ1v) is 13.2. The number of hydrogen-bond acceptors (Lipinski definition) is 7. The Morgan fingerprint density at radius 3 is 2.18 bits per heavy atom. The van der Waals surface area contributed by atoms with Crippen molar-refractivity contribution in [3.63, 3.8) is 0 Å². The third-order valence-electron chi connectivity index (χ3n) is 6.66. The molecule has 0 bridgehead atoms. The van der Waals surface area contributed by atoms with E-state index in [-0.39, 0.29) is 12.5 Å². The van der Waals surface area contributed by atoms with Gasteiger partial charge in [0.25, 0.3) is 11.8 Å². The maximum Gasteiger partial charge on any atom is 0.268 e. The summed E-state index contributed by atoms with van der Waals surface area (Å²) in [6, 6.07) is 13.3. The fraction of sp³-hybridized carbons (Fsp3) is 0.414. The fourth-order valence-electron chi connectivity index (χ4n) is 4.18. The van der Waals surface area contributed by atoms with Crippen LogP contribution in [0.15, 0.2) is 48.5 Å². The largest absolute Gasteiger partial charge is 0.379 e. The third-order valence-corrected chi connectivity index (χ3v) is 6.66. The Labute approximate surface area is 228 Å². The van der Waals surface area contributed by atoms with Crippen LogP contribution in [0.5, 0.6) is 0 Å². The number of nitrogens with one attached hydrogen (secondary N) is 4. The number of carbonyl (C=O) groups excluding carboxylic acids is 3. The standard InChI is InChI=1S/C29H35N5O5/c1-20(31-26(35)18-30-25-12-13-25)27(29(37)33-38)32-28(36)24-10-8-22(9-11-24)3-2-21-4-6-23(7-5-21)19-34-14-16-39-17-15-34/h4-11,20,25,27,30,38H,12-19H2,1H3,(H,31,35)(H,32,36)(H,33,37)/t20-,27+/m1/s1. The monoisotopic (exact) mass is 533 g/mol. The van der Waals surface area contributed by atoms with Gasteiger partial charge in [-0.3, -0.25) is 24.5 Å². The summed E-state index contributed by atoms with van der Waals surface area (Å²) in [5, 5.41) is 17.5. The second kappa shape index (κ2) is 13.9. The topological polar surface area (TPSA) is 132 Å². The Kier molecular flexibility index (Phi) is 10.1. The van der Waals surface area contributed by atoms with Crippen LogP contribution in [0.3, 0.4) is 0 Å². The quantitative estimate of drug-likeness (QED) is 0.173. The van der Waals surface area contributed by atoms with Crippen molar-refractivity contribution in [3.05, 3.63) is 70.8 Å². The molecule has 206 valence electrons. The smallest absolute Gasteiger partial charge is 0.268 e. The molecule has 2 aromatic rings. The number of morpholine rings is 1. The molecule has 1 aliphatic carbocycles. The zero-order valence-corrected chi connectivity index (χ0v) is 22.0. The van der Waals surface area contributed by atoms with Crippen LogP contribution in [0.1, 0.15) is 46.8 Å². The van der Waals surface area contributed by atoms with Gasteiger partial charge in [0, 0.05) is 42.4 Å². The van der Waals surface area contributed by atoms with Crippen molar-refractivity contribution in [2.45, 2.75) is 44.4 Å². The molecule has 10 heteroatoms. The van der Waals surface area contributed by atoms with Gasteiger partial charge in [0.05, 0.1) is 25.8 Å². The molecule has 1 heterocycles. The molecule has 39 heavy (non-hydrogen) atoms. The molecule has 4 rings (SSSR count). The number of hydroxylamine groups is 1. The lowest BCUT2D eigenvalue weighted by Crippen LogP contribution is -2.58. The zero-order chi connectivity index (χ0) is 27.6. The highest BCUT2D eigenvalue weighted by atomic mass is 16.5. The van der Waals surface area contributed by atoms with E-state index in [9.17, 15) is 14.4 Å². The van der Waals surface area contributed by atoms with Crippen molar-refractivity contribution in [2.24, 2.45) is 0 Å². The second-order valence-corrected chi connectivity index (χ2v) is 9.85. The molecule has 2 atom stereocenters. The Morgan fingerprint density at radius 2 is 1.59 bits per heavy atom. The minimum atomic E-state index is -1.17. The van der Waals surface area contributed by atoms with E-state index < -0.39 is 23.9 Å². The van der Waals surface area contributed by atoms with E-state index in [0.29, 0.717) is 11.6 Å². The van der Waals surface area contributed by atoms with Gasteiger partial charge in [0.2, 0.25) is 5.91 Å². The molecule has 2 aliphatic rings. The molecule has 2 fully saturated rings. The average molecular weight is 534 g/mol. The second-order valence-electron chi connectivity index (χ2n) is 9.85. The molecule has 1 aliphatic heterocycles. The molecule has 3 amide bonds. The number of carbonyl (C=O) groups is 3. The number of nitrogens with zero attached hydrogens (tertiary/aromatic N) is 1. The predicted octanol–water partition coefficient (Wildman–Crippen LogP) is 0.779. The molecule has 0 unspecified atom stereocenters. The predicted molar refractivity (Wildman–Crippen MR) is 145 cm³/mol. The van der Waals surface area contributed by atoms with Crippen LogP contribution in [0.25, 0.3) is 0 Å². The van der Waals surface area contributed by atoms with E-state index in [0.717, 1.165) is 56.8 Å². The maximum absolute atomic E-state index is 12.8. The molecule has 5 N–H and O–H groups in total. The van der Waals surface area contributed by atoms with Crippen LogP contribution in [-0.2, 0) is 20.9 Å². The summed E-state index contributed by atoms with van der Waals surface area (Å²) in [5.41, 5.74) is 4.73. The van der Waals surface area contributed by atoms with Gasteiger partial charge >= 0.3 is 0 Å². The molecule has 1 saturated carbocycles. The van der Waals surface area contributed by atoms with Crippen LogP contribution in [0, 0.1) is 11.8 Å². The summed E-state index contributed by atoms with van der Waals surface area (Å²) in [7, 11) is 0. The highest BCUT2D eigenvalue weighted by Crippen LogP contribution is 2.18. The first-order valence-electron chi connectivity index (χ1n) is 13.2. The van der Waals surface area contributed by atoms with Crippen molar-refractivity contribution < 1.29 is 24.3 Å². The Morgan fingerprint density at radius 1 is 0.974 bits per heavy atom.